The zero-order valence-electron chi connectivity index (χ0n) is 10.7. The van der Waals surface area contributed by atoms with Crippen LogP contribution in [0.5, 0.6) is 0 Å². The predicted molar refractivity (Wildman–Crippen MR) is 73.0 cm³/mol. The maximum Gasteiger partial charge on any atom is 0.0544 e. The molecule has 2 heteroatoms. The number of nitrogens with zero attached hydrogens (tertiary/aromatic N) is 2. The van der Waals surface area contributed by atoms with Gasteiger partial charge in [0, 0.05) is 25.3 Å². The lowest BCUT2D eigenvalue weighted by molar-refractivity contribution is 0.0152. The van der Waals surface area contributed by atoms with Crippen LogP contribution in [-0.2, 0) is 6.54 Å². The molecule has 2 atom stereocenters. The minimum atomic E-state index is 0.549. The van der Waals surface area contributed by atoms with Crippen molar-refractivity contribution in [2.75, 3.05) is 6.54 Å². The first-order valence-electron chi connectivity index (χ1n) is 6.53. The third kappa shape index (κ3) is 2.16. The van der Waals surface area contributed by atoms with E-state index in [4.69, 9.17) is 0 Å². The van der Waals surface area contributed by atoms with Crippen molar-refractivity contribution < 1.29 is 0 Å². The van der Waals surface area contributed by atoms with E-state index < -0.39 is 0 Å². The summed E-state index contributed by atoms with van der Waals surface area (Å²) in [4.78, 5) is 6.91. The molecule has 2 aromatic rings. The Bertz CT molecular complexity index is 495. The van der Waals surface area contributed by atoms with Crippen molar-refractivity contribution in [3.8, 4) is 0 Å². The molecule has 0 aliphatic carbocycles. The number of benzene rings is 1. The van der Waals surface area contributed by atoms with Crippen LogP contribution in [0.15, 0.2) is 54.7 Å². The van der Waals surface area contributed by atoms with Crippen LogP contribution in [0.25, 0.3) is 0 Å². The minimum Gasteiger partial charge on any atom is -0.290 e. The van der Waals surface area contributed by atoms with Crippen LogP contribution in [0, 0.1) is 5.92 Å². The van der Waals surface area contributed by atoms with Crippen LogP contribution in [0.2, 0.25) is 0 Å². The van der Waals surface area contributed by atoms with Crippen molar-refractivity contribution in [3.63, 3.8) is 0 Å². The van der Waals surface area contributed by atoms with Gasteiger partial charge in [-0.1, -0.05) is 43.3 Å². The molecule has 0 amide bonds. The number of aromatic nitrogens is 1. The normalized spacial score (nSPS) is 23.6. The van der Waals surface area contributed by atoms with Gasteiger partial charge in [0.25, 0.3) is 0 Å². The summed E-state index contributed by atoms with van der Waals surface area (Å²) in [5.74, 6) is 0.733. The second-order valence-corrected chi connectivity index (χ2v) is 5.08. The summed E-state index contributed by atoms with van der Waals surface area (Å²) in [5, 5.41) is 0. The van der Waals surface area contributed by atoms with E-state index in [0.717, 1.165) is 24.7 Å². The van der Waals surface area contributed by atoms with Crippen LogP contribution in [0.3, 0.4) is 0 Å². The van der Waals surface area contributed by atoms with E-state index in [2.05, 4.69) is 59.3 Å². The molecule has 0 radical (unpaired) electrons. The minimum absolute atomic E-state index is 0.549. The molecule has 2 heterocycles. The second-order valence-electron chi connectivity index (χ2n) is 5.08. The maximum absolute atomic E-state index is 4.41. The van der Waals surface area contributed by atoms with Crippen molar-refractivity contribution in [2.45, 2.75) is 19.5 Å². The highest BCUT2D eigenvalue weighted by atomic mass is 15.2. The molecule has 3 rings (SSSR count). The fourth-order valence-corrected chi connectivity index (χ4v) is 2.86. The molecule has 1 saturated heterocycles. The lowest BCUT2D eigenvalue weighted by atomic mass is 9.84. The van der Waals surface area contributed by atoms with E-state index in [-0.39, 0.29) is 0 Å². The summed E-state index contributed by atoms with van der Waals surface area (Å²) in [6.07, 6.45) is 1.87. The molecule has 0 saturated carbocycles. The summed E-state index contributed by atoms with van der Waals surface area (Å²) in [7, 11) is 0. The molecule has 1 aromatic heterocycles. The fourth-order valence-electron chi connectivity index (χ4n) is 2.86. The first kappa shape index (κ1) is 11.4. The molecule has 18 heavy (non-hydrogen) atoms. The summed E-state index contributed by atoms with van der Waals surface area (Å²) >= 11 is 0. The molecule has 2 unspecified atom stereocenters. The quantitative estimate of drug-likeness (QED) is 0.815. The Hall–Kier alpha value is -1.67. The number of hydrogen-bond acceptors (Lipinski definition) is 2. The van der Waals surface area contributed by atoms with E-state index in [1.165, 1.54) is 5.56 Å². The highest BCUT2D eigenvalue weighted by Crippen LogP contribution is 2.39. The van der Waals surface area contributed by atoms with Crippen molar-refractivity contribution >= 4 is 0 Å². The standard InChI is InChI=1S/C16H18N2/c1-13-11-18(12-15-9-5-6-10-17-15)16(13)14-7-3-2-4-8-14/h2-10,13,16H,11-12H2,1H3. The average molecular weight is 238 g/mol. The van der Waals surface area contributed by atoms with Gasteiger partial charge in [-0.2, -0.15) is 0 Å². The summed E-state index contributed by atoms with van der Waals surface area (Å²) < 4.78 is 0. The van der Waals surface area contributed by atoms with Gasteiger partial charge in [0.1, 0.15) is 0 Å². The smallest absolute Gasteiger partial charge is 0.0544 e. The van der Waals surface area contributed by atoms with E-state index in [0.29, 0.717) is 6.04 Å². The van der Waals surface area contributed by atoms with Crippen LogP contribution < -0.4 is 0 Å². The third-order valence-corrected chi connectivity index (χ3v) is 3.69. The van der Waals surface area contributed by atoms with Crippen LogP contribution in [0.4, 0.5) is 0 Å². The van der Waals surface area contributed by atoms with Gasteiger partial charge in [0.05, 0.1) is 5.69 Å². The highest BCUT2D eigenvalue weighted by Gasteiger charge is 2.36. The molecule has 92 valence electrons. The molecule has 2 nitrogen and oxygen atoms in total. The van der Waals surface area contributed by atoms with Gasteiger partial charge in [-0.15, -0.1) is 0 Å². The Morgan fingerprint density at radius 3 is 2.56 bits per heavy atom. The summed E-state index contributed by atoms with van der Waals surface area (Å²) in [5.41, 5.74) is 2.58. The molecule has 1 aromatic carbocycles. The fraction of sp³-hybridized carbons (Fsp3) is 0.312. The van der Waals surface area contributed by atoms with E-state index in [1.807, 2.05) is 12.3 Å². The van der Waals surface area contributed by atoms with Gasteiger partial charge < -0.3 is 0 Å². The molecule has 1 aliphatic rings. The first-order chi connectivity index (χ1) is 8.84. The molecule has 0 bridgehead atoms. The molecule has 1 fully saturated rings. The Kier molecular flexibility index (Phi) is 3.11. The predicted octanol–water partition coefficient (Wildman–Crippen LogP) is 3.27. The van der Waals surface area contributed by atoms with Gasteiger partial charge in [-0.25, -0.2) is 0 Å². The van der Waals surface area contributed by atoms with Crippen LogP contribution in [0.1, 0.15) is 24.2 Å². The lowest BCUT2D eigenvalue weighted by Crippen LogP contribution is -2.47. The van der Waals surface area contributed by atoms with E-state index in [1.54, 1.807) is 0 Å². The maximum atomic E-state index is 4.41. The van der Waals surface area contributed by atoms with Crippen molar-refractivity contribution in [3.05, 3.63) is 66.0 Å². The Morgan fingerprint density at radius 1 is 1.11 bits per heavy atom. The van der Waals surface area contributed by atoms with Crippen LogP contribution in [-0.4, -0.2) is 16.4 Å². The number of pyridine rings is 1. The van der Waals surface area contributed by atoms with Gasteiger partial charge in [0.2, 0.25) is 0 Å². The summed E-state index contributed by atoms with van der Waals surface area (Å²) in [6.45, 7) is 4.44. The van der Waals surface area contributed by atoms with Crippen LogP contribution >= 0.6 is 0 Å². The molecule has 0 N–H and O–H groups in total. The third-order valence-electron chi connectivity index (χ3n) is 3.69. The highest BCUT2D eigenvalue weighted by molar-refractivity contribution is 5.22. The largest absolute Gasteiger partial charge is 0.290 e. The van der Waals surface area contributed by atoms with E-state index >= 15 is 0 Å². The SMILES string of the molecule is CC1CN(Cc2ccccn2)C1c1ccccc1. The van der Waals surface area contributed by atoms with Crippen molar-refractivity contribution in [1.82, 2.24) is 9.88 Å². The summed E-state index contributed by atoms with van der Waals surface area (Å²) in [6, 6.07) is 17.5. The zero-order chi connectivity index (χ0) is 12.4. The lowest BCUT2D eigenvalue weighted by Gasteiger charge is -2.47. The number of rotatable bonds is 3. The topological polar surface area (TPSA) is 16.1 Å². The van der Waals surface area contributed by atoms with Gasteiger partial charge in [-0.3, -0.25) is 9.88 Å². The second kappa shape index (κ2) is 4.91. The van der Waals surface area contributed by atoms with Gasteiger partial charge >= 0.3 is 0 Å². The monoisotopic (exact) mass is 238 g/mol. The van der Waals surface area contributed by atoms with Crippen molar-refractivity contribution in [2.24, 2.45) is 5.92 Å². The van der Waals surface area contributed by atoms with Crippen molar-refractivity contribution in [1.29, 1.82) is 0 Å². The Morgan fingerprint density at radius 2 is 1.89 bits per heavy atom. The van der Waals surface area contributed by atoms with Gasteiger partial charge in [0.15, 0.2) is 0 Å². The molecular weight excluding hydrogens is 220 g/mol. The Balaban J connectivity index is 1.75. The Labute approximate surface area is 108 Å². The first-order valence-corrected chi connectivity index (χ1v) is 6.53. The average Bonchev–Trinajstić information content (AvgIpc) is 2.40. The van der Waals surface area contributed by atoms with Gasteiger partial charge in [-0.05, 0) is 23.6 Å². The zero-order valence-corrected chi connectivity index (χ0v) is 10.7. The molecular formula is C16H18N2. The van der Waals surface area contributed by atoms with E-state index in [9.17, 15) is 0 Å². The number of hydrogen-bond donors (Lipinski definition) is 0. The molecule has 0 spiro atoms. The number of likely N-dealkylation sites (tertiary alicyclic amines) is 1. The molecule has 1 aliphatic heterocycles.